The van der Waals surface area contributed by atoms with E-state index in [-0.39, 0.29) is 5.41 Å². The second-order valence-corrected chi connectivity index (χ2v) is 6.95. The van der Waals surface area contributed by atoms with Gasteiger partial charge < -0.3 is 0 Å². The zero-order valence-corrected chi connectivity index (χ0v) is 15.7. The van der Waals surface area contributed by atoms with Gasteiger partial charge in [0.2, 0.25) is 5.69 Å². The number of aryl methyl sites for hydroxylation is 2. The topological polar surface area (TPSA) is 3.88 Å². The molecule has 0 N–H and O–H groups in total. The number of halogens is 2. The van der Waals surface area contributed by atoms with Crippen molar-refractivity contribution in [3.8, 4) is 11.3 Å². The number of hydrogen-bond donors (Lipinski definition) is 0. The highest BCUT2D eigenvalue weighted by molar-refractivity contribution is 5.67. The van der Waals surface area contributed by atoms with Crippen LogP contribution in [0.3, 0.4) is 0 Å². The number of pyridine rings is 1. The molecule has 2 aromatic rings. The van der Waals surface area contributed by atoms with Crippen LogP contribution in [0, 0.1) is 18.6 Å². The Hall–Kier alpha value is -2.03. The summed E-state index contributed by atoms with van der Waals surface area (Å²) in [6.45, 7) is 12.8. The molecule has 0 aliphatic rings. The average molecular weight is 344 g/mol. The highest BCUT2D eigenvalue weighted by atomic mass is 19.1. The van der Waals surface area contributed by atoms with Crippen molar-refractivity contribution in [2.24, 2.45) is 0 Å². The van der Waals surface area contributed by atoms with Crippen molar-refractivity contribution in [2.45, 2.75) is 58.9 Å². The Labute approximate surface area is 150 Å². The summed E-state index contributed by atoms with van der Waals surface area (Å²) in [7, 11) is 0. The van der Waals surface area contributed by atoms with Crippen molar-refractivity contribution in [3.05, 3.63) is 65.9 Å². The van der Waals surface area contributed by atoms with Gasteiger partial charge in [-0.25, -0.2) is 8.78 Å². The van der Waals surface area contributed by atoms with Gasteiger partial charge in [-0.1, -0.05) is 26.8 Å². The van der Waals surface area contributed by atoms with Crippen LogP contribution in [0.25, 0.3) is 11.3 Å². The molecule has 2 rings (SSSR count). The lowest BCUT2D eigenvalue weighted by Crippen LogP contribution is -2.37. The van der Waals surface area contributed by atoms with Crippen LogP contribution in [-0.4, -0.2) is 0 Å². The summed E-state index contributed by atoms with van der Waals surface area (Å²) in [5, 5.41) is 0. The Kier molecular flexibility index (Phi) is 6.10. The summed E-state index contributed by atoms with van der Waals surface area (Å²) >= 11 is 0. The molecule has 0 saturated carbocycles. The lowest BCUT2D eigenvalue weighted by molar-refractivity contribution is -0.686. The van der Waals surface area contributed by atoms with E-state index in [1.807, 2.05) is 38.3 Å². The van der Waals surface area contributed by atoms with E-state index in [1.165, 1.54) is 6.07 Å². The molecule has 134 valence electrons. The lowest BCUT2D eigenvalue weighted by atomic mass is 9.74. The zero-order chi connectivity index (χ0) is 18.6. The number of rotatable bonds is 7. The Bertz CT molecular complexity index is 767. The first-order valence-corrected chi connectivity index (χ1v) is 8.97. The first-order valence-electron chi connectivity index (χ1n) is 8.97. The van der Waals surface area contributed by atoms with Crippen molar-refractivity contribution in [1.29, 1.82) is 0 Å². The first kappa shape index (κ1) is 19.3. The number of benzene rings is 1. The number of nitrogens with zero attached hydrogens (tertiary/aromatic N) is 1. The maximum Gasteiger partial charge on any atom is 0.218 e. The molecule has 0 radical (unpaired) electrons. The van der Waals surface area contributed by atoms with E-state index in [9.17, 15) is 4.39 Å². The second kappa shape index (κ2) is 7.90. The maximum atomic E-state index is 15.0. The second-order valence-electron chi connectivity index (χ2n) is 6.95. The van der Waals surface area contributed by atoms with Crippen LogP contribution in [0.2, 0.25) is 0 Å². The quantitative estimate of drug-likeness (QED) is 0.436. The monoisotopic (exact) mass is 344 g/mol. The van der Waals surface area contributed by atoms with Gasteiger partial charge in [0.25, 0.3) is 0 Å². The van der Waals surface area contributed by atoms with Gasteiger partial charge in [0, 0.05) is 24.1 Å². The molecule has 1 aromatic heterocycles. The SMILES string of the molecule is C=CCC(C)(CC)c1cc(F)cc(F)c1-c1c(C)ccc[n+]1CCC. The summed E-state index contributed by atoms with van der Waals surface area (Å²) in [4.78, 5) is 0. The minimum Gasteiger partial charge on any atom is -0.207 e. The average Bonchev–Trinajstić information content (AvgIpc) is 2.56. The van der Waals surface area contributed by atoms with Crippen molar-refractivity contribution in [3.63, 3.8) is 0 Å². The number of allylic oxidation sites excluding steroid dienone is 1. The summed E-state index contributed by atoms with van der Waals surface area (Å²) in [5.74, 6) is -1.03. The summed E-state index contributed by atoms with van der Waals surface area (Å²) in [6, 6.07) is 6.43. The smallest absolute Gasteiger partial charge is 0.207 e. The standard InChI is InChI=1S/C22H28F2N/c1-6-11-22(5,8-3)18-14-17(23)15-19(24)20(18)21-16(4)10-9-13-25(21)12-7-2/h6,9-10,13-15H,1,7-8,11-12H2,2-5H3/q+1. The van der Waals surface area contributed by atoms with E-state index >= 15 is 4.39 Å². The first-order chi connectivity index (χ1) is 11.9. The van der Waals surface area contributed by atoms with Crippen molar-refractivity contribution in [2.75, 3.05) is 0 Å². The van der Waals surface area contributed by atoms with Gasteiger partial charge >= 0.3 is 0 Å². The van der Waals surface area contributed by atoms with Crippen LogP contribution in [0.15, 0.2) is 43.1 Å². The largest absolute Gasteiger partial charge is 0.218 e. The molecule has 1 aromatic carbocycles. The molecule has 0 fully saturated rings. The lowest BCUT2D eigenvalue weighted by Gasteiger charge is -2.30. The third kappa shape index (κ3) is 3.81. The predicted molar refractivity (Wildman–Crippen MR) is 99.5 cm³/mol. The maximum absolute atomic E-state index is 15.0. The van der Waals surface area contributed by atoms with E-state index in [0.29, 0.717) is 17.5 Å². The molecule has 0 bridgehead atoms. The molecule has 0 saturated heterocycles. The third-order valence-electron chi connectivity index (χ3n) is 5.05. The van der Waals surface area contributed by atoms with E-state index in [2.05, 4.69) is 25.0 Å². The molecule has 0 aliphatic carbocycles. The molecular formula is C22H28F2N+. The van der Waals surface area contributed by atoms with E-state index in [4.69, 9.17) is 0 Å². The third-order valence-corrected chi connectivity index (χ3v) is 5.05. The highest BCUT2D eigenvalue weighted by Gasteiger charge is 2.33. The van der Waals surface area contributed by atoms with E-state index in [1.54, 1.807) is 0 Å². The molecule has 1 atom stereocenters. The minimum absolute atomic E-state index is 0.369. The number of aromatic nitrogens is 1. The van der Waals surface area contributed by atoms with E-state index < -0.39 is 11.6 Å². The summed E-state index contributed by atoms with van der Waals surface area (Å²) in [6.07, 6.45) is 6.17. The molecule has 1 heterocycles. The Morgan fingerprint density at radius 3 is 2.56 bits per heavy atom. The van der Waals surface area contributed by atoms with Gasteiger partial charge in [0.15, 0.2) is 6.20 Å². The molecule has 0 aliphatic heterocycles. The zero-order valence-electron chi connectivity index (χ0n) is 15.7. The normalized spacial score (nSPS) is 13.5. The van der Waals surface area contributed by atoms with Crippen molar-refractivity contribution in [1.82, 2.24) is 0 Å². The summed E-state index contributed by atoms with van der Waals surface area (Å²) < 4.78 is 31.2. The van der Waals surface area contributed by atoms with Crippen LogP contribution in [0.5, 0.6) is 0 Å². The van der Waals surface area contributed by atoms with Gasteiger partial charge in [-0.15, -0.1) is 6.58 Å². The minimum atomic E-state index is -0.532. The fraction of sp³-hybridized carbons (Fsp3) is 0.409. The number of hydrogen-bond acceptors (Lipinski definition) is 0. The Morgan fingerprint density at radius 2 is 1.96 bits per heavy atom. The van der Waals surface area contributed by atoms with Gasteiger partial charge in [0.05, 0.1) is 5.56 Å². The molecule has 0 spiro atoms. The Balaban J connectivity index is 2.86. The Morgan fingerprint density at radius 1 is 1.24 bits per heavy atom. The summed E-state index contributed by atoms with van der Waals surface area (Å²) in [5.41, 5.74) is 2.68. The molecule has 25 heavy (non-hydrogen) atoms. The van der Waals surface area contributed by atoms with Crippen molar-refractivity contribution < 1.29 is 13.3 Å². The van der Waals surface area contributed by atoms with Crippen LogP contribution >= 0.6 is 0 Å². The van der Waals surface area contributed by atoms with E-state index in [0.717, 1.165) is 36.7 Å². The fourth-order valence-corrected chi connectivity index (χ4v) is 3.49. The van der Waals surface area contributed by atoms with Gasteiger partial charge in [0.1, 0.15) is 18.2 Å². The molecule has 3 heteroatoms. The molecular weight excluding hydrogens is 316 g/mol. The highest BCUT2D eigenvalue weighted by Crippen LogP contribution is 2.40. The molecule has 0 amide bonds. The van der Waals surface area contributed by atoms with Gasteiger partial charge in [-0.05, 0) is 42.9 Å². The van der Waals surface area contributed by atoms with Crippen LogP contribution in [0.4, 0.5) is 8.78 Å². The van der Waals surface area contributed by atoms with Gasteiger partial charge in [-0.3, -0.25) is 0 Å². The molecule has 1 nitrogen and oxygen atoms in total. The van der Waals surface area contributed by atoms with Gasteiger partial charge in [-0.2, -0.15) is 4.57 Å². The van der Waals surface area contributed by atoms with Crippen LogP contribution < -0.4 is 4.57 Å². The van der Waals surface area contributed by atoms with Crippen LogP contribution in [0.1, 0.15) is 51.2 Å². The van der Waals surface area contributed by atoms with Crippen LogP contribution in [-0.2, 0) is 12.0 Å². The fourth-order valence-electron chi connectivity index (χ4n) is 3.49. The predicted octanol–water partition coefficient (Wildman–Crippen LogP) is 5.88. The molecule has 1 unspecified atom stereocenters. The van der Waals surface area contributed by atoms with Crippen molar-refractivity contribution >= 4 is 0 Å².